The largest absolute Gasteiger partial charge is 0.395 e. The Balaban J connectivity index is 2.04. The Morgan fingerprint density at radius 2 is 2.00 bits per heavy atom. The second-order valence-corrected chi connectivity index (χ2v) is 7.48. The number of aliphatic hydroxyl groups is 1. The summed E-state index contributed by atoms with van der Waals surface area (Å²) in [6, 6.07) is 8.46. The molecule has 0 saturated heterocycles. The number of pyridine rings is 1. The van der Waals surface area contributed by atoms with Gasteiger partial charge < -0.3 is 5.11 Å². The number of thiophene rings is 1. The van der Waals surface area contributed by atoms with Gasteiger partial charge in [-0.1, -0.05) is 26.8 Å². The van der Waals surface area contributed by atoms with E-state index in [9.17, 15) is 5.11 Å². The molecule has 0 unspecified atom stereocenters. The Hall–Kier alpha value is -1.23. The van der Waals surface area contributed by atoms with Crippen molar-refractivity contribution in [2.75, 3.05) is 13.2 Å². The maximum atomic E-state index is 9.27. The van der Waals surface area contributed by atoms with Gasteiger partial charge in [0.05, 0.1) is 6.61 Å². The van der Waals surface area contributed by atoms with Crippen LogP contribution >= 0.6 is 11.3 Å². The minimum absolute atomic E-state index is 0.178. The summed E-state index contributed by atoms with van der Waals surface area (Å²) in [7, 11) is 0. The van der Waals surface area contributed by atoms with Crippen LogP contribution in [0.15, 0.2) is 36.7 Å². The van der Waals surface area contributed by atoms with Gasteiger partial charge in [0, 0.05) is 41.8 Å². The molecule has 3 nitrogen and oxygen atoms in total. The van der Waals surface area contributed by atoms with E-state index in [0.29, 0.717) is 6.54 Å². The molecule has 4 heteroatoms. The van der Waals surface area contributed by atoms with E-state index in [1.54, 1.807) is 6.20 Å². The number of aromatic nitrogens is 1. The molecule has 21 heavy (non-hydrogen) atoms. The summed E-state index contributed by atoms with van der Waals surface area (Å²) >= 11 is 1.87. The smallest absolute Gasteiger partial charge is 0.0558 e. The van der Waals surface area contributed by atoms with Crippen molar-refractivity contribution in [3.8, 4) is 0 Å². The van der Waals surface area contributed by atoms with Crippen LogP contribution < -0.4 is 0 Å². The first-order valence-corrected chi connectivity index (χ1v) is 8.12. The van der Waals surface area contributed by atoms with E-state index in [1.165, 1.54) is 15.3 Å². The Bertz CT molecular complexity index is 545. The van der Waals surface area contributed by atoms with Crippen molar-refractivity contribution in [2.24, 2.45) is 0 Å². The van der Waals surface area contributed by atoms with Gasteiger partial charge in [-0.3, -0.25) is 9.88 Å². The fourth-order valence-electron chi connectivity index (χ4n) is 2.19. The van der Waals surface area contributed by atoms with Crippen molar-refractivity contribution < 1.29 is 5.11 Å². The summed E-state index contributed by atoms with van der Waals surface area (Å²) < 4.78 is 0. The van der Waals surface area contributed by atoms with Crippen LogP contribution in [0.4, 0.5) is 0 Å². The van der Waals surface area contributed by atoms with E-state index < -0.39 is 0 Å². The maximum absolute atomic E-state index is 9.27. The zero-order valence-electron chi connectivity index (χ0n) is 13.0. The van der Waals surface area contributed by atoms with E-state index in [-0.39, 0.29) is 12.0 Å². The number of hydrogen-bond acceptors (Lipinski definition) is 4. The van der Waals surface area contributed by atoms with Crippen molar-refractivity contribution in [3.05, 3.63) is 52.0 Å². The summed E-state index contributed by atoms with van der Waals surface area (Å²) in [5.41, 5.74) is 1.38. The van der Waals surface area contributed by atoms with Gasteiger partial charge in [-0.05, 0) is 29.2 Å². The monoisotopic (exact) mass is 304 g/mol. The zero-order chi connectivity index (χ0) is 15.3. The summed E-state index contributed by atoms with van der Waals surface area (Å²) in [5.74, 6) is 0. The summed E-state index contributed by atoms with van der Waals surface area (Å²) in [6.07, 6.45) is 3.67. The highest BCUT2D eigenvalue weighted by molar-refractivity contribution is 7.12. The molecule has 0 aromatic carbocycles. The van der Waals surface area contributed by atoms with Crippen LogP contribution in [0.3, 0.4) is 0 Å². The van der Waals surface area contributed by atoms with E-state index in [2.05, 4.69) is 48.9 Å². The third-order valence-corrected chi connectivity index (χ3v) is 4.82. The third kappa shape index (κ3) is 4.92. The Kier molecular flexibility index (Phi) is 5.51. The minimum atomic E-state index is 0.178. The van der Waals surface area contributed by atoms with Crippen molar-refractivity contribution >= 4 is 11.3 Å². The average molecular weight is 304 g/mol. The molecule has 0 radical (unpaired) electrons. The molecule has 0 saturated carbocycles. The molecule has 2 rings (SSSR count). The Morgan fingerprint density at radius 3 is 2.57 bits per heavy atom. The SMILES string of the molecule is CC(C)(C)c1ccc(CN(CCO)Cc2cccnc2)s1. The molecule has 0 bridgehead atoms. The molecule has 0 aliphatic carbocycles. The van der Waals surface area contributed by atoms with Crippen molar-refractivity contribution in [1.82, 2.24) is 9.88 Å². The molecular weight excluding hydrogens is 280 g/mol. The third-order valence-electron chi connectivity index (χ3n) is 3.33. The molecule has 1 N–H and O–H groups in total. The van der Waals surface area contributed by atoms with E-state index in [0.717, 1.165) is 13.1 Å². The number of hydrogen-bond donors (Lipinski definition) is 1. The first-order chi connectivity index (χ1) is 9.99. The Labute approximate surface area is 131 Å². The van der Waals surface area contributed by atoms with Gasteiger partial charge in [-0.15, -0.1) is 11.3 Å². The van der Waals surface area contributed by atoms with Crippen LogP contribution in [0.2, 0.25) is 0 Å². The average Bonchev–Trinajstić information content (AvgIpc) is 2.89. The zero-order valence-corrected chi connectivity index (χ0v) is 13.9. The molecule has 0 aliphatic heterocycles. The normalized spacial score (nSPS) is 12.0. The van der Waals surface area contributed by atoms with Crippen molar-refractivity contribution in [3.63, 3.8) is 0 Å². The van der Waals surface area contributed by atoms with Crippen LogP contribution in [0, 0.1) is 0 Å². The number of rotatable bonds is 6. The van der Waals surface area contributed by atoms with Gasteiger partial charge in [-0.25, -0.2) is 0 Å². The topological polar surface area (TPSA) is 36.4 Å². The highest BCUT2D eigenvalue weighted by Gasteiger charge is 2.17. The molecule has 0 spiro atoms. The minimum Gasteiger partial charge on any atom is -0.395 e. The van der Waals surface area contributed by atoms with Gasteiger partial charge >= 0.3 is 0 Å². The van der Waals surface area contributed by atoms with Crippen LogP contribution in [0.5, 0.6) is 0 Å². The van der Waals surface area contributed by atoms with E-state index >= 15 is 0 Å². The molecule has 0 amide bonds. The van der Waals surface area contributed by atoms with Crippen LogP contribution in [0.25, 0.3) is 0 Å². The fraction of sp³-hybridized carbons (Fsp3) is 0.471. The standard InChI is InChI=1S/C17H24N2OS/c1-17(2,3)16-7-6-15(21-16)13-19(9-10-20)12-14-5-4-8-18-11-14/h4-8,11,20H,9-10,12-13H2,1-3H3. The lowest BCUT2D eigenvalue weighted by molar-refractivity contribution is 0.185. The van der Waals surface area contributed by atoms with E-state index in [4.69, 9.17) is 0 Å². The molecule has 2 aromatic rings. The van der Waals surface area contributed by atoms with Gasteiger partial charge in [0.2, 0.25) is 0 Å². The van der Waals surface area contributed by atoms with Gasteiger partial charge in [0.1, 0.15) is 0 Å². The lowest BCUT2D eigenvalue weighted by atomic mass is 9.95. The molecule has 2 aromatic heterocycles. The predicted octanol–water partition coefficient (Wildman–Crippen LogP) is 3.44. The van der Waals surface area contributed by atoms with Crippen LogP contribution in [-0.4, -0.2) is 28.1 Å². The number of aliphatic hydroxyl groups excluding tert-OH is 1. The Morgan fingerprint density at radius 1 is 1.19 bits per heavy atom. The van der Waals surface area contributed by atoms with Crippen LogP contribution in [0.1, 0.15) is 36.1 Å². The van der Waals surface area contributed by atoms with Gasteiger partial charge in [0.15, 0.2) is 0 Å². The summed E-state index contributed by atoms with van der Waals surface area (Å²) in [5, 5.41) is 9.27. The van der Waals surface area contributed by atoms with Gasteiger partial charge in [-0.2, -0.15) is 0 Å². The van der Waals surface area contributed by atoms with E-state index in [1.807, 2.05) is 23.6 Å². The van der Waals surface area contributed by atoms with Gasteiger partial charge in [0.25, 0.3) is 0 Å². The lowest BCUT2D eigenvalue weighted by Crippen LogP contribution is -2.25. The first-order valence-electron chi connectivity index (χ1n) is 7.30. The number of nitrogens with zero attached hydrogens (tertiary/aromatic N) is 2. The molecule has 2 heterocycles. The summed E-state index contributed by atoms with van der Waals surface area (Å²) in [6.45, 7) is 9.26. The molecule has 114 valence electrons. The lowest BCUT2D eigenvalue weighted by Gasteiger charge is -2.20. The summed E-state index contributed by atoms with van der Waals surface area (Å²) in [4.78, 5) is 9.16. The quantitative estimate of drug-likeness (QED) is 0.888. The highest BCUT2D eigenvalue weighted by Crippen LogP contribution is 2.30. The molecule has 0 fully saturated rings. The van der Waals surface area contributed by atoms with Crippen molar-refractivity contribution in [1.29, 1.82) is 0 Å². The molecule has 0 aliphatic rings. The fourth-order valence-corrected chi connectivity index (χ4v) is 3.30. The van der Waals surface area contributed by atoms with Crippen molar-refractivity contribution in [2.45, 2.75) is 39.3 Å². The predicted molar refractivity (Wildman–Crippen MR) is 88.5 cm³/mol. The first kappa shape index (κ1) is 16.1. The highest BCUT2D eigenvalue weighted by atomic mass is 32.1. The van der Waals surface area contributed by atoms with Crippen LogP contribution in [-0.2, 0) is 18.5 Å². The molecular formula is C17H24N2OS. The molecule has 0 atom stereocenters. The maximum Gasteiger partial charge on any atom is 0.0558 e. The second-order valence-electron chi connectivity index (χ2n) is 6.31. The second kappa shape index (κ2) is 7.16.